The quantitative estimate of drug-likeness (QED) is 0.634. The van der Waals surface area contributed by atoms with E-state index in [-0.39, 0.29) is 22.3 Å². The Morgan fingerprint density at radius 2 is 1.72 bits per heavy atom. The molecule has 10 heteroatoms. The molecule has 1 amide bonds. The lowest BCUT2D eigenvalue weighted by Crippen LogP contribution is -2.32. The summed E-state index contributed by atoms with van der Waals surface area (Å²) in [6.07, 6.45) is 4.96. The van der Waals surface area contributed by atoms with Gasteiger partial charge in [0.1, 0.15) is 12.4 Å². The largest absolute Gasteiger partial charge is 0.325 e. The van der Waals surface area contributed by atoms with Crippen LogP contribution < -0.4 is 10.9 Å². The van der Waals surface area contributed by atoms with Crippen LogP contribution in [0.3, 0.4) is 0 Å². The van der Waals surface area contributed by atoms with E-state index in [4.69, 9.17) is 0 Å². The number of anilines is 1. The molecule has 0 bridgehead atoms. The monoisotopic (exact) mass is 458 g/mol. The number of nitrogens with one attached hydrogen (secondary N) is 1. The molecule has 2 aromatic carbocycles. The molecule has 1 N–H and O–H groups in total. The minimum Gasteiger partial charge on any atom is -0.325 e. The van der Waals surface area contributed by atoms with Gasteiger partial charge in [0, 0.05) is 24.8 Å². The first kappa shape index (κ1) is 22.1. The third-order valence-electron chi connectivity index (χ3n) is 5.44. The van der Waals surface area contributed by atoms with E-state index in [2.05, 4.69) is 10.3 Å². The molecule has 0 saturated carbocycles. The van der Waals surface area contributed by atoms with Gasteiger partial charge >= 0.3 is 0 Å². The van der Waals surface area contributed by atoms with E-state index in [0.717, 1.165) is 42.4 Å². The molecule has 32 heavy (non-hydrogen) atoms. The van der Waals surface area contributed by atoms with Gasteiger partial charge < -0.3 is 5.32 Å². The molecule has 0 aliphatic carbocycles. The van der Waals surface area contributed by atoms with Crippen LogP contribution in [0.5, 0.6) is 0 Å². The molecule has 1 aromatic heterocycles. The van der Waals surface area contributed by atoms with Crippen molar-refractivity contribution < 1.29 is 17.6 Å². The lowest BCUT2D eigenvalue weighted by atomic mass is 10.2. The molecule has 1 saturated heterocycles. The fourth-order valence-corrected chi connectivity index (χ4v) is 5.26. The highest BCUT2D eigenvalue weighted by Gasteiger charge is 2.25. The molecule has 4 rings (SSSR count). The average Bonchev–Trinajstić information content (AvgIpc) is 3.06. The second-order valence-corrected chi connectivity index (χ2v) is 9.67. The van der Waals surface area contributed by atoms with Crippen molar-refractivity contribution in [3.05, 3.63) is 65.0 Å². The molecule has 3 aromatic rings. The molecule has 2 heterocycles. The highest BCUT2D eigenvalue weighted by molar-refractivity contribution is 7.89. The van der Waals surface area contributed by atoms with Crippen LogP contribution in [0.1, 0.15) is 25.7 Å². The normalized spacial score (nSPS) is 15.4. The van der Waals surface area contributed by atoms with E-state index in [1.807, 2.05) is 0 Å². The molecular formula is C22H23FN4O4S. The summed E-state index contributed by atoms with van der Waals surface area (Å²) in [7, 11) is -3.57. The molecule has 0 atom stereocenters. The van der Waals surface area contributed by atoms with Crippen LogP contribution in [0.15, 0.2) is 58.5 Å². The van der Waals surface area contributed by atoms with Gasteiger partial charge in [0.2, 0.25) is 15.9 Å². The number of benzene rings is 2. The van der Waals surface area contributed by atoms with Crippen molar-refractivity contribution in [2.45, 2.75) is 37.1 Å². The van der Waals surface area contributed by atoms with Gasteiger partial charge in [-0.25, -0.2) is 17.8 Å². The molecule has 0 radical (unpaired) electrons. The second kappa shape index (κ2) is 9.17. The minimum atomic E-state index is -3.57. The zero-order valence-corrected chi connectivity index (χ0v) is 18.1. The molecule has 168 valence electrons. The SMILES string of the molecule is O=C(Cn1cnc2cc(F)ccc2c1=O)Nc1ccc(S(=O)(=O)N2CCCCCC2)cc1. The van der Waals surface area contributed by atoms with Crippen LogP contribution in [0.4, 0.5) is 10.1 Å². The molecule has 1 fully saturated rings. The molecule has 0 spiro atoms. The molecule has 0 unspecified atom stereocenters. The number of hydrogen-bond donors (Lipinski definition) is 1. The summed E-state index contributed by atoms with van der Waals surface area (Å²) >= 11 is 0. The van der Waals surface area contributed by atoms with Gasteiger partial charge in [0.05, 0.1) is 22.1 Å². The number of carbonyl (C=O) groups is 1. The Morgan fingerprint density at radius 1 is 1.03 bits per heavy atom. The van der Waals surface area contributed by atoms with Gasteiger partial charge in [-0.1, -0.05) is 12.8 Å². The second-order valence-electron chi connectivity index (χ2n) is 7.73. The Kier molecular flexibility index (Phi) is 6.33. The summed E-state index contributed by atoms with van der Waals surface area (Å²) in [5.41, 5.74) is 0.172. The number of amides is 1. The summed E-state index contributed by atoms with van der Waals surface area (Å²) in [6.45, 7) is 0.747. The van der Waals surface area contributed by atoms with Gasteiger partial charge in [-0.3, -0.25) is 14.2 Å². The Hall–Kier alpha value is -3.11. The molecule has 1 aliphatic rings. The van der Waals surface area contributed by atoms with Crippen LogP contribution in [0, 0.1) is 5.82 Å². The van der Waals surface area contributed by atoms with Gasteiger partial charge in [-0.2, -0.15) is 4.31 Å². The number of sulfonamides is 1. The van der Waals surface area contributed by atoms with E-state index in [1.165, 1.54) is 41.0 Å². The summed E-state index contributed by atoms with van der Waals surface area (Å²) in [6, 6.07) is 9.62. The number of hydrogen-bond acceptors (Lipinski definition) is 5. The van der Waals surface area contributed by atoms with E-state index in [1.54, 1.807) is 0 Å². The summed E-state index contributed by atoms with van der Waals surface area (Å²) in [5.74, 6) is -0.973. The smallest absolute Gasteiger partial charge is 0.261 e. The third-order valence-corrected chi connectivity index (χ3v) is 7.35. The van der Waals surface area contributed by atoms with Crippen LogP contribution in [-0.4, -0.2) is 41.3 Å². The molecule has 8 nitrogen and oxygen atoms in total. The zero-order chi connectivity index (χ0) is 22.7. The van der Waals surface area contributed by atoms with Crippen LogP contribution in [-0.2, 0) is 21.4 Å². The Morgan fingerprint density at radius 3 is 2.41 bits per heavy atom. The van der Waals surface area contributed by atoms with E-state index < -0.39 is 27.3 Å². The first-order valence-electron chi connectivity index (χ1n) is 10.4. The number of aromatic nitrogens is 2. The Labute approximate surface area is 184 Å². The molecule has 1 aliphatic heterocycles. The number of rotatable bonds is 5. The summed E-state index contributed by atoms with van der Waals surface area (Å²) < 4.78 is 41.6. The zero-order valence-electron chi connectivity index (χ0n) is 17.3. The van der Waals surface area contributed by atoms with Gasteiger partial charge in [0.15, 0.2) is 0 Å². The third kappa shape index (κ3) is 4.71. The molecular weight excluding hydrogens is 435 g/mol. The van der Waals surface area contributed by atoms with Gasteiger partial charge in [0.25, 0.3) is 5.56 Å². The van der Waals surface area contributed by atoms with Crippen molar-refractivity contribution in [1.29, 1.82) is 0 Å². The maximum Gasteiger partial charge on any atom is 0.261 e. The van der Waals surface area contributed by atoms with Crippen molar-refractivity contribution in [3.63, 3.8) is 0 Å². The number of nitrogens with zero attached hydrogens (tertiary/aromatic N) is 3. The van der Waals surface area contributed by atoms with Crippen molar-refractivity contribution in [2.75, 3.05) is 18.4 Å². The van der Waals surface area contributed by atoms with E-state index >= 15 is 0 Å². The number of halogens is 1. The number of fused-ring (bicyclic) bond motifs is 1. The number of carbonyl (C=O) groups excluding carboxylic acids is 1. The first-order chi connectivity index (χ1) is 15.3. The minimum absolute atomic E-state index is 0.180. The van der Waals surface area contributed by atoms with Crippen LogP contribution in [0.25, 0.3) is 10.9 Å². The maximum absolute atomic E-state index is 13.3. The van der Waals surface area contributed by atoms with Crippen LogP contribution >= 0.6 is 0 Å². The van der Waals surface area contributed by atoms with E-state index in [0.29, 0.717) is 18.8 Å². The summed E-state index contributed by atoms with van der Waals surface area (Å²) in [5, 5.41) is 2.86. The van der Waals surface area contributed by atoms with Crippen molar-refractivity contribution in [3.8, 4) is 0 Å². The van der Waals surface area contributed by atoms with Crippen molar-refractivity contribution in [1.82, 2.24) is 13.9 Å². The van der Waals surface area contributed by atoms with Crippen LogP contribution in [0.2, 0.25) is 0 Å². The topological polar surface area (TPSA) is 101 Å². The fraction of sp³-hybridized carbons (Fsp3) is 0.318. The first-order valence-corrected chi connectivity index (χ1v) is 11.8. The predicted octanol–water partition coefficient (Wildman–Crippen LogP) is 2.74. The Balaban J connectivity index is 1.45. The fourth-order valence-electron chi connectivity index (χ4n) is 3.74. The highest BCUT2D eigenvalue weighted by atomic mass is 32.2. The summed E-state index contributed by atoms with van der Waals surface area (Å²) in [4.78, 5) is 29.1. The predicted molar refractivity (Wildman–Crippen MR) is 118 cm³/mol. The van der Waals surface area contributed by atoms with Gasteiger partial charge in [-0.05, 0) is 49.2 Å². The average molecular weight is 459 g/mol. The highest BCUT2D eigenvalue weighted by Crippen LogP contribution is 2.21. The lowest BCUT2D eigenvalue weighted by Gasteiger charge is -2.20. The van der Waals surface area contributed by atoms with Crippen molar-refractivity contribution in [2.24, 2.45) is 0 Å². The maximum atomic E-state index is 13.3. The Bertz CT molecular complexity index is 1300. The standard InChI is InChI=1S/C22H23FN4O4S/c23-16-5-10-19-20(13-16)24-15-26(22(19)29)14-21(28)25-17-6-8-18(9-7-17)32(30,31)27-11-3-1-2-4-12-27/h5-10,13,15H,1-4,11-12,14H2,(H,25,28). The lowest BCUT2D eigenvalue weighted by molar-refractivity contribution is -0.116. The van der Waals surface area contributed by atoms with E-state index in [9.17, 15) is 22.4 Å². The van der Waals surface area contributed by atoms with Gasteiger partial charge in [-0.15, -0.1) is 0 Å². The van der Waals surface area contributed by atoms with Crippen molar-refractivity contribution >= 4 is 32.5 Å².